The second-order valence-corrected chi connectivity index (χ2v) is 5.39. The molecule has 118 valence electrons. The molecule has 0 saturated heterocycles. The summed E-state index contributed by atoms with van der Waals surface area (Å²) in [5.41, 5.74) is 7.73. The second kappa shape index (κ2) is 8.66. The molecule has 0 aromatic heterocycles. The predicted octanol–water partition coefficient (Wildman–Crippen LogP) is 4.21. The van der Waals surface area contributed by atoms with Crippen molar-refractivity contribution < 1.29 is 9.47 Å². The van der Waals surface area contributed by atoms with Crippen LogP contribution in [0.2, 0.25) is 5.02 Å². The van der Waals surface area contributed by atoms with Gasteiger partial charge in [0.2, 0.25) is 0 Å². The summed E-state index contributed by atoms with van der Waals surface area (Å²) < 4.78 is 11.6. The fourth-order valence-electron chi connectivity index (χ4n) is 2.17. The van der Waals surface area contributed by atoms with E-state index in [0.717, 1.165) is 29.9 Å². The van der Waals surface area contributed by atoms with E-state index in [9.17, 15) is 0 Å². The van der Waals surface area contributed by atoms with Crippen LogP contribution in [0.5, 0.6) is 11.5 Å². The lowest BCUT2D eigenvalue weighted by molar-refractivity contribution is 0.269. The van der Waals surface area contributed by atoms with Gasteiger partial charge < -0.3 is 15.2 Å². The number of rotatable bonds is 8. The van der Waals surface area contributed by atoms with Gasteiger partial charge in [-0.15, -0.1) is 0 Å². The highest BCUT2D eigenvalue weighted by Gasteiger charge is 2.08. The second-order valence-electron chi connectivity index (χ2n) is 4.99. The molecule has 0 saturated carbocycles. The van der Waals surface area contributed by atoms with Gasteiger partial charge >= 0.3 is 0 Å². The maximum absolute atomic E-state index is 6.15. The van der Waals surface area contributed by atoms with E-state index in [0.29, 0.717) is 24.8 Å². The Kier molecular flexibility index (Phi) is 6.56. The van der Waals surface area contributed by atoms with Crippen LogP contribution in [0.15, 0.2) is 42.5 Å². The largest absolute Gasteiger partial charge is 0.490 e. The zero-order valence-corrected chi connectivity index (χ0v) is 13.6. The van der Waals surface area contributed by atoms with Crippen LogP contribution in [0.3, 0.4) is 0 Å². The van der Waals surface area contributed by atoms with Crippen LogP contribution in [0.1, 0.15) is 24.5 Å². The van der Waals surface area contributed by atoms with E-state index in [1.807, 2.05) is 43.3 Å². The minimum atomic E-state index is 0.419. The standard InChI is InChI=1S/C18H22ClNO2/c1-2-21-18-12-14(6-5-11-20)9-10-17(18)22-13-15-7-3-4-8-16(15)19/h3-4,7-10,12H,2,5-6,11,13,20H2,1H3. The number of hydrogen-bond donors (Lipinski definition) is 1. The zero-order chi connectivity index (χ0) is 15.8. The van der Waals surface area contributed by atoms with Gasteiger partial charge in [-0.25, -0.2) is 0 Å². The van der Waals surface area contributed by atoms with Crippen molar-refractivity contribution in [2.24, 2.45) is 5.73 Å². The molecule has 22 heavy (non-hydrogen) atoms. The Bertz CT molecular complexity index is 601. The van der Waals surface area contributed by atoms with Crippen LogP contribution in [0.4, 0.5) is 0 Å². The first-order chi connectivity index (χ1) is 10.7. The number of hydrogen-bond acceptors (Lipinski definition) is 3. The molecule has 0 radical (unpaired) electrons. The third-order valence-electron chi connectivity index (χ3n) is 3.32. The minimum absolute atomic E-state index is 0.419. The van der Waals surface area contributed by atoms with E-state index in [1.54, 1.807) is 0 Å². The van der Waals surface area contributed by atoms with Crippen LogP contribution < -0.4 is 15.2 Å². The average molecular weight is 320 g/mol. The van der Waals surface area contributed by atoms with Gasteiger partial charge in [-0.05, 0) is 50.1 Å². The smallest absolute Gasteiger partial charge is 0.161 e. The minimum Gasteiger partial charge on any atom is -0.490 e. The van der Waals surface area contributed by atoms with Crippen molar-refractivity contribution in [3.63, 3.8) is 0 Å². The van der Waals surface area contributed by atoms with E-state index in [1.165, 1.54) is 5.56 Å². The van der Waals surface area contributed by atoms with Crippen molar-refractivity contribution in [3.8, 4) is 11.5 Å². The fraction of sp³-hybridized carbons (Fsp3) is 0.333. The number of aryl methyl sites for hydroxylation is 1. The lowest BCUT2D eigenvalue weighted by Gasteiger charge is -2.14. The Morgan fingerprint density at radius 3 is 2.59 bits per heavy atom. The topological polar surface area (TPSA) is 44.5 Å². The monoisotopic (exact) mass is 319 g/mol. The van der Waals surface area contributed by atoms with Crippen LogP contribution in [0, 0.1) is 0 Å². The molecule has 0 heterocycles. The molecule has 0 aliphatic heterocycles. The first kappa shape index (κ1) is 16.7. The molecule has 3 nitrogen and oxygen atoms in total. The van der Waals surface area contributed by atoms with Gasteiger partial charge in [0, 0.05) is 10.6 Å². The molecule has 2 aromatic rings. The Morgan fingerprint density at radius 2 is 1.86 bits per heavy atom. The third-order valence-corrected chi connectivity index (χ3v) is 3.69. The molecule has 0 aliphatic carbocycles. The highest BCUT2D eigenvalue weighted by molar-refractivity contribution is 6.31. The predicted molar refractivity (Wildman–Crippen MR) is 90.8 cm³/mol. The summed E-state index contributed by atoms with van der Waals surface area (Å²) in [5, 5.41) is 0.708. The van der Waals surface area contributed by atoms with Crippen molar-refractivity contribution in [2.75, 3.05) is 13.2 Å². The Labute approximate surface area is 137 Å². The van der Waals surface area contributed by atoms with Crippen molar-refractivity contribution in [2.45, 2.75) is 26.4 Å². The van der Waals surface area contributed by atoms with Crippen LogP contribution in [0.25, 0.3) is 0 Å². The number of benzene rings is 2. The van der Waals surface area contributed by atoms with E-state index < -0.39 is 0 Å². The van der Waals surface area contributed by atoms with Gasteiger partial charge in [0.25, 0.3) is 0 Å². The average Bonchev–Trinajstić information content (AvgIpc) is 2.53. The molecular weight excluding hydrogens is 298 g/mol. The molecule has 2 aromatic carbocycles. The van der Waals surface area contributed by atoms with Crippen molar-refractivity contribution in [1.29, 1.82) is 0 Å². The summed E-state index contributed by atoms with van der Waals surface area (Å²) in [5.74, 6) is 1.50. The molecule has 0 aliphatic rings. The van der Waals surface area contributed by atoms with Crippen molar-refractivity contribution in [3.05, 3.63) is 58.6 Å². The van der Waals surface area contributed by atoms with Crippen LogP contribution in [-0.4, -0.2) is 13.2 Å². The normalized spacial score (nSPS) is 10.5. The Balaban J connectivity index is 2.10. The lowest BCUT2D eigenvalue weighted by atomic mass is 10.1. The van der Waals surface area contributed by atoms with Gasteiger partial charge in [0.05, 0.1) is 6.61 Å². The third kappa shape index (κ3) is 4.65. The molecule has 0 bridgehead atoms. The summed E-state index contributed by atoms with van der Waals surface area (Å²) in [7, 11) is 0. The van der Waals surface area contributed by atoms with Gasteiger partial charge in [0.15, 0.2) is 11.5 Å². The highest BCUT2D eigenvalue weighted by Crippen LogP contribution is 2.30. The van der Waals surface area contributed by atoms with E-state index >= 15 is 0 Å². The lowest BCUT2D eigenvalue weighted by Crippen LogP contribution is -2.03. The van der Waals surface area contributed by atoms with Crippen LogP contribution in [-0.2, 0) is 13.0 Å². The molecule has 0 unspecified atom stereocenters. The summed E-state index contributed by atoms with van der Waals surface area (Å²) >= 11 is 6.15. The fourth-order valence-corrected chi connectivity index (χ4v) is 2.36. The Morgan fingerprint density at radius 1 is 1.05 bits per heavy atom. The maximum Gasteiger partial charge on any atom is 0.161 e. The molecular formula is C18H22ClNO2. The highest BCUT2D eigenvalue weighted by atomic mass is 35.5. The van der Waals surface area contributed by atoms with Gasteiger partial charge in [-0.3, -0.25) is 0 Å². The van der Waals surface area contributed by atoms with Gasteiger partial charge in [0.1, 0.15) is 6.61 Å². The van der Waals surface area contributed by atoms with Gasteiger partial charge in [-0.2, -0.15) is 0 Å². The molecule has 0 fully saturated rings. The van der Waals surface area contributed by atoms with Crippen LogP contribution >= 0.6 is 11.6 Å². The number of ether oxygens (including phenoxy) is 2. The van der Waals surface area contributed by atoms with Gasteiger partial charge in [-0.1, -0.05) is 35.9 Å². The van der Waals surface area contributed by atoms with E-state index in [2.05, 4.69) is 6.07 Å². The van der Waals surface area contributed by atoms with E-state index in [-0.39, 0.29) is 0 Å². The maximum atomic E-state index is 6.15. The number of halogens is 1. The summed E-state index contributed by atoms with van der Waals surface area (Å²) in [4.78, 5) is 0. The summed E-state index contributed by atoms with van der Waals surface area (Å²) in [6.07, 6.45) is 1.91. The van der Waals surface area contributed by atoms with Crippen molar-refractivity contribution in [1.82, 2.24) is 0 Å². The first-order valence-corrected chi connectivity index (χ1v) is 7.94. The zero-order valence-electron chi connectivity index (χ0n) is 12.8. The molecule has 0 spiro atoms. The van der Waals surface area contributed by atoms with Crippen molar-refractivity contribution >= 4 is 11.6 Å². The SMILES string of the molecule is CCOc1cc(CCCN)ccc1OCc1ccccc1Cl. The molecule has 2 N–H and O–H groups in total. The summed E-state index contributed by atoms with van der Waals surface area (Å²) in [6.45, 7) is 3.67. The summed E-state index contributed by atoms with van der Waals surface area (Å²) in [6, 6.07) is 13.7. The van der Waals surface area contributed by atoms with E-state index in [4.69, 9.17) is 26.8 Å². The first-order valence-electron chi connectivity index (χ1n) is 7.56. The quantitative estimate of drug-likeness (QED) is 0.792. The molecule has 4 heteroatoms. The molecule has 2 rings (SSSR count). The Hall–Kier alpha value is -1.71. The molecule has 0 atom stereocenters. The molecule has 0 amide bonds. The number of nitrogens with two attached hydrogens (primary N) is 1.